The van der Waals surface area contributed by atoms with Gasteiger partial charge in [0.15, 0.2) is 0 Å². The molecule has 0 atom stereocenters. The zero-order valence-electron chi connectivity index (χ0n) is 18.7. The first-order chi connectivity index (χ1) is 14.2. The van der Waals surface area contributed by atoms with Crippen molar-refractivity contribution in [2.24, 2.45) is 0 Å². The highest BCUT2D eigenvalue weighted by atomic mass is 16.1. The van der Waals surface area contributed by atoms with E-state index in [0.717, 1.165) is 44.3 Å². The third-order valence-electron chi connectivity index (χ3n) is 5.67. The quantitative estimate of drug-likeness (QED) is 0.331. The maximum atomic E-state index is 10.9. The monoisotopic (exact) mass is 399 g/mol. The molecule has 1 aromatic carbocycles. The number of amides is 1. The second-order valence-electron chi connectivity index (χ2n) is 8.29. The first-order valence-electron chi connectivity index (χ1n) is 11.9. The molecule has 1 aromatic heterocycles. The van der Waals surface area contributed by atoms with Crippen LogP contribution in [0.5, 0.6) is 0 Å². The van der Waals surface area contributed by atoms with Gasteiger partial charge in [-0.1, -0.05) is 76.8 Å². The van der Waals surface area contributed by atoms with Gasteiger partial charge in [-0.25, -0.2) is 4.98 Å². The minimum Gasteiger partial charge on any atom is -0.356 e. The lowest BCUT2D eigenvalue weighted by Crippen LogP contribution is -2.20. The molecular weight excluding hydrogens is 358 g/mol. The average Bonchev–Trinajstić information content (AvgIpc) is 3.06. The van der Waals surface area contributed by atoms with Crippen molar-refractivity contribution >= 4 is 16.9 Å². The van der Waals surface area contributed by atoms with Gasteiger partial charge in [0, 0.05) is 26.4 Å². The zero-order valence-corrected chi connectivity index (χ0v) is 18.7. The van der Waals surface area contributed by atoms with E-state index in [0.29, 0.717) is 0 Å². The summed E-state index contributed by atoms with van der Waals surface area (Å²) in [7, 11) is 0. The fraction of sp³-hybridized carbons (Fsp3) is 0.680. The molecule has 0 radical (unpaired) electrons. The highest BCUT2D eigenvalue weighted by Crippen LogP contribution is 2.19. The van der Waals surface area contributed by atoms with Gasteiger partial charge < -0.3 is 9.88 Å². The molecule has 4 heteroatoms. The minimum atomic E-state index is 0.0627. The predicted octanol–water partition coefficient (Wildman–Crippen LogP) is 6.42. The molecule has 0 saturated carbocycles. The summed E-state index contributed by atoms with van der Waals surface area (Å²) in [6.45, 7) is 5.72. The zero-order chi connectivity index (χ0) is 20.7. The molecule has 2 aromatic rings. The van der Waals surface area contributed by atoms with Crippen molar-refractivity contribution in [1.29, 1.82) is 0 Å². The average molecular weight is 400 g/mol. The van der Waals surface area contributed by atoms with Crippen LogP contribution in [-0.2, 0) is 17.8 Å². The maximum Gasteiger partial charge on any atom is 0.216 e. The van der Waals surface area contributed by atoms with Crippen molar-refractivity contribution in [2.45, 2.75) is 104 Å². The van der Waals surface area contributed by atoms with Crippen molar-refractivity contribution in [3.63, 3.8) is 0 Å². The molecule has 0 saturated heterocycles. The number of aryl methyl sites for hydroxylation is 2. The minimum absolute atomic E-state index is 0.0627. The van der Waals surface area contributed by atoms with Crippen molar-refractivity contribution < 1.29 is 4.79 Å². The van der Waals surface area contributed by atoms with Gasteiger partial charge >= 0.3 is 0 Å². The van der Waals surface area contributed by atoms with Crippen molar-refractivity contribution in [2.75, 3.05) is 6.54 Å². The highest BCUT2D eigenvalue weighted by Gasteiger charge is 2.10. The summed E-state index contributed by atoms with van der Waals surface area (Å²) in [5.74, 6) is 1.29. The van der Waals surface area contributed by atoms with E-state index in [4.69, 9.17) is 4.98 Å². The SMILES string of the molecule is CCCCCCCCCCCn1c(CCCCCNC(C)=O)nc2ccccc21. The second-order valence-corrected chi connectivity index (χ2v) is 8.29. The van der Waals surface area contributed by atoms with Crippen LogP contribution in [0.15, 0.2) is 24.3 Å². The van der Waals surface area contributed by atoms with Gasteiger partial charge in [-0.2, -0.15) is 0 Å². The number of unbranched alkanes of at least 4 members (excludes halogenated alkanes) is 10. The Morgan fingerprint density at radius 1 is 0.897 bits per heavy atom. The number of rotatable bonds is 16. The summed E-state index contributed by atoms with van der Waals surface area (Å²) in [6, 6.07) is 8.53. The molecule has 0 aliphatic carbocycles. The Morgan fingerprint density at radius 3 is 2.28 bits per heavy atom. The van der Waals surface area contributed by atoms with E-state index in [2.05, 4.69) is 41.1 Å². The molecule has 2 rings (SSSR count). The fourth-order valence-electron chi connectivity index (χ4n) is 4.00. The Hall–Kier alpha value is -1.84. The summed E-state index contributed by atoms with van der Waals surface area (Å²) in [4.78, 5) is 15.9. The first kappa shape index (κ1) is 23.4. The first-order valence-corrected chi connectivity index (χ1v) is 11.9. The Morgan fingerprint density at radius 2 is 1.55 bits per heavy atom. The number of carbonyl (C=O) groups is 1. The van der Waals surface area contributed by atoms with Crippen LogP contribution in [0.3, 0.4) is 0 Å². The van der Waals surface area contributed by atoms with Crippen LogP contribution in [0.25, 0.3) is 11.0 Å². The number of nitrogens with one attached hydrogen (secondary N) is 1. The van der Waals surface area contributed by atoms with Crippen molar-refractivity contribution in [3.05, 3.63) is 30.1 Å². The molecule has 0 aliphatic heterocycles. The lowest BCUT2D eigenvalue weighted by Gasteiger charge is -2.10. The largest absolute Gasteiger partial charge is 0.356 e. The van der Waals surface area contributed by atoms with E-state index < -0.39 is 0 Å². The molecule has 4 nitrogen and oxygen atoms in total. The van der Waals surface area contributed by atoms with Gasteiger partial charge in [0.05, 0.1) is 11.0 Å². The van der Waals surface area contributed by atoms with E-state index in [9.17, 15) is 4.79 Å². The van der Waals surface area contributed by atoms with Gasteiger partial charge in [0.25, 0.3) is 0 Å². The number of para-hydroxylation sites is 2. The molecule has 29 heavy (non-hydrogen) atoms. The molecule has 0 bridgehead atoms. The Bertz CT molecular complexity index is 707. The number of hydrogen-bond donors (Lipinski definition) is 1. The van der Waals surface area contributed by atoms with Gasteiger partial charge in [-0.05, 0) is 31.4 Å². The molecule has 0 spiro atoms. The summed E-state index contributed by atoms with van der Waals surface area (Å²) >= 11 is 0. The number of imidazole rings is 1. The van der Waals surface area contributed by atoms with Gasteiger partial charge in [-0.15, -0.1) is 0 Å². The number of hydrogen-bond acceptors (Lipinski definition) is 2. The predicted molar refractivity (Wildman–Crippen MR) is 123 cm³/mol. The topological polar surface area (TPSA) is 46.9 Å². The molecular formula is C25H41N3O. The normalized spacial score (nSPS) is 11.2. The van der Waals surface area contributed by atoms with E-state index in [1.54, 1.807) is 6.92 Å². The molecule has 1 N–H and O–H groups in total. The lowest BCUT2D eigenvalue weighted by atomic mass is 10.1. The number of carbonyl (C=O) groups excluding carboxylic acids is 1. The molecule has 0 unspecified atom stereocenters. The number of aromatic nitrogens is 2. The molecule has 162 valence electrons. The van der Waals surface area contributed by atoms with E-state index in [1.807, 2.05) is 0 Å². The van der Waals surface area contributed by atoms with Crippen LogP contribution in [0.2, 0.25) is 0 Å². The smallest absolute Gasteiger partial charge is 0.216 e. The Kier molecular flexibility index (Phi) is 11.5. The third kappa shape index (κ3) is 9.01. The molecule has 0 fully saturated rings. The molecule has 0 aliphatic rings. The fourth-order valence-corrected chi connectivity index (χ4v) is 4.00. The highest BCUT2D eigenvalue weighted by molar-refractivity contribution is 5.75. The Balaban J connectivity index is 1.75. The Labute approximate surface area is 177 Å². The molecule has 1 heterocycles. The summed E-state index contributed by atoms with van der Waals surface area (Å²) in [5.41, 5.74) is 2.40. The molecule has 1 amide bonds. The number of benzene rings is 1. The standard InChI is InChI=1S/C25H41N3O/c1-3-4-5-6-7-8-9-10-16-21-28-24-18-14-13-17-23(24)27-25(28)19-12-11-15-20-26-22(2)29/h13-14,17-18H,3-12,15-16,19-21H2,1-2H3,(H,26,29). The second kappa shape index (κ2) is 14.2. The summed E-state index contributed by atoms with van der Waals surface area (Å²) in [6.07, 6.45) is 16.6. The summed E-state index contributed by atoms with van der Waals surface area (Å²) < 4.78 is 2.45. The van der Waals surface area contributed by atoms with Gasteiger partial charge in [0.1, 0.15) is 5.82 Å². The maximum absolute atomic E-state index is 10.9. The van der Waals surface area contributed by atoms with E-state index >= 15 is 0 Å². The van der Waals surface area contributed by atoms with Crippen molar-refractivity contribution in [3.8, 4) is 0 Å². The van der Waals surface area contributed by atoms with Crippen LogP contribution >= 0.6 is 0 Å². The van der Waals surface area contributed by atoms with Crippen LogP contribution < -0.4 is 5.32 Å². The summed E-state index contributed by atoms with van der Waals surface area (Å²) in [5, 5.41) is 2.88. The van der Waals surface area contributed by atoms with Crippen molar-refractivity contribution in [1.82, 2.24) is 14.9 Å². The number of nitrogens with zero attached hydrogens (tertiary/aromatic N) is 2. The van der Waals surface area contributed by atoms with Crippen LogP contribution in [0.4, 0.5) is 0 Å². The van der Waals surface area contributed by atoms with Crippen LogP contribution in [-0.4, -0.2) is 22.0 Å². The van der Waals surface area contributed by atoms with Gasteiger partial charge in [-0.3, -0.25) is 4.79 Å². The van der Waals surface area contributed by atoms with Gasteiger partial charge in [0.2, 0.25) is 5.91 Å². The van der Waals surface area contributed by atoms with E-state index in [-0.39, 0.29) is 5.91 Å². The van der Waals surface area contributed by atoms with Crippen LogP contribution in [0.1, 0.15) is 96.7 Å². The lowest BCUT2D eigenvalue weighted by molar-refractivity contribution is -0.118. The third-order valence-corrected chi connectivity index (χ3v) is 5.67. The van der Waals surface area contributed by atoms with E-state index in [1.165, 1.54) is 69.1 Å². The number of fused-ring (bicyclic) bond motifs is 1. The van der Waals surface area contributed by atoms with Crippen LogP contribution in [0, 0.1) is 0 Å².